The standard InChI is InChI=1S/C19H20N4O3/c1-13-4-3-5-14(12-13)18-21-17(19(25)20-10-11-24)22-23(18)15-6-8-16(26-2)9-7-15/h3-9,12,24H,10-11H2,1-2H3,(H,20,25). The van der Waals surface area contributed by atoms with E-state index in [0.717, 1.165) is 22.6 Å². The van der Waals surface area contributed by atoms with Gasteiger partial charge in [-0.1, -0.05) is 23.8 Å². The molecule has 3 rings (SSSR count). The fourth-order valence-electron chi connectivity index (χ4n) is 2.53. The Labute approximate surface area is 151 Å². The van der Waals surface area contributed by atoms with E-state index < -0.39 is 5.91 Å². The van der Waals surface area contributed by atoms with Crippen LogP contribution in [-0.4, -0.2) is 46.0 Å². The van der Waals surface area contributed by atoms with Crippen molar-refractivity contribution in [1.82, 2.24) is 20.1 Å². The maximum atomic E-state index is 12.2. The van der Waals surface area contributed by atoms with Crippen molar-refractivity contribution in [1.29, 1.82) is 0 Å². The van der Waals surface area contributed by atoms with E-state index >= 15 is 0 Å². The van der Waals surface area contributed by atoms with E-state index in [1.54, 1.807) is 11.8 Å². The molecule has 134 valence electrons. The number of nitrogens with one attached hydrogen (secondary N) is 1. The molecule has 0 spiro atoms. The Bertz CT molecular complexity index is 903. The van der Waals surface area contributed by atoms with Gasteiger partial charge in [0.15, 0.2) is 5.82 Å². The molecular weight excluding hydrogens is 332 g/mol. The Balaban J connectivity index is 2.07. The van der Waals surface area contributed by atoms with Crippen LogP contribution < -0.4 is 10.1 Å². The molecule has 2 N–H and O–H groups in total. The summed E-state index contributed by atoms with van der Waals surface area (Å²) < 4.78 is 6.82. The van der Waals surface area contributed by atoms with Gasteiger partial charge in [-0.2, -0.15) is 0 Å². The lowest BCUT2D eigenvalue weighted by Gasteiger charge is -2.07. The normalized spacial score (nSPS) is 10.6. The van der Waals surface area contributed by atoms with Crippen molar-refractivity contribution in [3.05, 3.63) is 59.9 Å². The molecule has 0 saturated heterocycles. The maximum Gasteiger partial charge on any atom is 0.291 e. The first-order valence-corrected chi connectivity index (χ1v) is 8.20. The number of hydrogen-bond acceptors (Lipinski definition) is 5. The second-order valence-electron chi connectivity index (χ2n) is 5.72. The number of benzene rings is 2. The van der Waals surface area contributed by atoms with Crippen LogP contribution in [0.2, 0.25) is 0 Å². The summed E-state index contributed by atoms with van der Waals surface area (Å²) in [7, 11) is 1.60. The molecule has 0 atom stereocenters. The molecule has 0 aliphatic carbocycles. The van der Waals surface area contributed by atoms with E-state index in [2.05, 4.69) is 15.4 Å². The van der Waals surface area contributed by atoms with Crippen molar-refractivity contribution >= 4 is 5.91 Å². The summed E-state index contributed by atoms with van der Waals surface area (Å²) in [6, 6.07) is 15.2. The van der Waals surface area contributed by atoms with Crippen LogP contribution in [0.25, 0.3) is 17.1 Å². The van der Waals surface area contributed by atoms with Gasteiger partial charge < -0.3 is 15.2 Å². The highest BCUT2D eigenvalue weighted by molar-refractivity contribution is 5.91. The van der Waals surface area contributed by atoms with Crippen molar-refractivity contribution in [3.63, 3.8) is 0 Å². The van der Waals surface area contributed by atoms with Gasteiger partial charge in [0.1, 0.15) is 5.75 Å². The number of ether oxygens (including phenoxy) is 1. The number of hydrogen-bond donors (Lipinski definition) is 2. The number of amides is 1. The quantitative estimate of drug-likeness (QED) is 0.708. The van der Waals surface area contributed by atoms with Gasteiger partial charge in [0.25, 0.3) is 5.91 Å². The van der Waals surface area contributed by atoms with Crippen LogP contribution in [0, 0.1) is 6.92 Å². The van der Waals surface area contributed by atoms with Crippen LogP contribution in [0.1, 0.15) is 16.2 Å². The monoisotopic (exact) mass is 352 g/mol. The van der Waals surface area contributed by atoms with E-state index in [9.17, 15) is 4.79 Å². The summed E-state index contributed by atoms with van der Waals surface area (Å²) in [6.07, 6.45) is 0. The zero-order chi connectivity index (χ0) is 18.5. The van der Waals surface area contributed by atoms with Crippen LogP contribution in [0.4, 0.5) is 0 Å². The molecule has 0 aliphatic rings. The SMILES string of the molecule is COc1ccc(-n2nc(C(=O)NCCO)nc2-c2cccc(C)c2)cc1. The molecule has 0 bridgehead atoms. The minimum atomic E-state index is -0.430. The molecule has 26 heavy (non-hydrogen) atoms. The Morgan fingerprint density at radius 2 is 2.00 bits per heavy atom. The van der Waals surface area contributed by atoms with E-state index in [1.165, 1.54) is 0 Å². The summed E-state index contributed by atoms with van der Waals surface area (Å²) in [5, 5.41) is 15.8. The van der Waals surface area contributed by atoms with E-state index in [1.807, 2.05) is 55.5 Å². The van der Waals surface area contributed by atoms with Gasteiger partial charge in [0, 0.05) is 12.1 Å². The van der Waals surface area contributed by atoms with Crippen LogP contribution in [0.3, 0.4) is 0 Å². The van der Waals surface area contributed by atoms with Gasteiger partial charge in [-0.3, -0.25) is 4.79 Å². The van der Waals surface area contributed by atoms with E-state index in [-0.39, 0.29) is 19.0 Å². The summed E-state index contributed by atoms with van der Waals surface area (Å²) in [5.74, 6) is 0.908. The Hall–Kier alpha value is -3.19. The lowest BCUT2D eigenvalue weighted by Crippen LogP contribution is -2.27. The van der Waals surface area contributed by atoms with E-state index in [4.69, 9.17) is 9.84 Å². The van der Waals surface area contributed by atoms with Crippen molar-refractivity contribution in [2.45, 2.75) is 6.92 Å². The predicted octanol–water partition coefficient (Wildman–Crippen LogP) is 1.97. The van der Waals surface area contributed by atoms with Crippen LogP contribution in [-0.2, 0) is 0 Å². The molecule has 2 aromatic carbocycles. The number of rotatable bonds is 6. The fraction of sp³-hybridized carbons (Fsp3) is 0.211. The first-order chi connectivity index (χ1) is 12.6. The summed E-state index contributed by atoms with van der Waals surface area (Å²) in [5.41, 5.74) is 2.70. The molecule has 0 saturated carbocycles. The number of nitrogens with zero attached hydrogens (tertiary/aromatic N) is 3. The summed E-state index contributed by atoms with van der Waals surface area (Å²) in [6.45, 7) is 2.00. The minimum absolute atomic E-state index is 0.0470. The average Bonchev–Trinajstić information content (AvgIpc) is 3.11. The fourth-order valence-corrected chi connectivity index (χ4v) is 2.53. The molecule has 0 aliphatic heterocycles. The molecule has 7 heteroatoms. The second kappa shape index (κ2) is 7.79. The molecular formula is C19H20N4O3. The molecule has 3 aromatic rings. The number of carbonyl (C=O) groups is 1. The summed E-state index contributed by atoms with van der Waals surface area (Å²) >= 11 is 0. The third-order valence-electron chi connectivity index (χ3n) is 3.80. The van der Waals surface area contributed by atoms with Crippen LogP contribution >= 0.6 is 0 Å². The summed E-state index contributed by atoms with van der Waals surface area (Å²) in [4.78, 5) is 16.6. The number of methoxy groups -OCH3 is 1. The minimum Gasteiger partial charge on any atom is -0.497 e. The first kappa shape index (κ1) is 17.6. The Morgan fingerprint density at radius 3 is 2.65 bits per heavy atom. The van der Waals surface area contributed by atoms with Gasteiger partial charge in [0.05, 0.1) is 19.4 Å². The topological polar surface area (TPSA) is 89.3 Å². The highest BCUT2D eigenvalue weighted by atomic mass is 16.5. The van der Waals surface area contributed by atoms with Gasteiger partial charge >= 0.3 is 0 Å². The van der Waals surface area contributed by atoms with Gasteiger partial charge in [-0.05, 0) is 37.3 Å². The van der Waals surface area contributed by atoms with Gasteiger partial charge in [-0.15, -0.1) is 5.10 Å². The van der Waals surface area contributed by atoms with Crippen molar-refractivity contribution < 1.29 is 14.6 Å². The van der Waals surface area contributed by atoms with E-state index in [0.29, 0.717) is 5.82 Å². The zero-order valence-electron chi connectivity index (χ0n) is 14.6. The number of carbonyl (C=O) groups excluding carboxylic acids is 1. The molecule has 1 heterocycles. The highest BCUT2D eigenvalue weighted by Gasteiger charge is 2.18. The Kier molecular flexibility index (Phi) is 5.28. The average molecular weight is 352 g/mol. The predicted molar refractivity (Wildman–Crippen MR) is 97.5 cm³/mol. The lowest BCUT2D eigenvalue weighted by molar-refractivity contribution is 0.0934. The lowest BCUT2D eigenvalue weighted by atomic mass is 10.1. The molecule has 7 nitrogen and oxygen atoms in total. The van der Waals surface area contributed by atoms with Crippen molar-refractivity contribution in [2.24, 2.45) is 0 Å². The number of aryl methyl sites for hydroxylation is 1. The van der Waals surface area contributed by atoms with Crippen LogP contribution in [0.5, 0.6) is 5.75 Å². The second-order valence-corrected chi connectivity index (χ2v) is 5.72. The zero-order valence-corrected chi connectivity index (χ0v) is 14.6. The Morgan fingerprint density at radius 1 is 1.23 bits per heavy atom. The van der Waals surface area contributed by atoms with Crippen molar-refractivity contribution in [2.75, 3.05) is 20.3 Å². The molecule has 0 unspecified atom stereocenters. The van der Waals surface area contributed by atoms with Crippen LogP contribution in [0.15, 0.2) is 48.5 Å². The largest absolute Gasteiger partial charge is 0.497 e. The highest BCUT2D eigenvalue weighted by Crippen LogP contribution is 2.23. The number of aromatic nitrogens is 3. The third-order valence-corrected chi connectivity index (χ3v) is 3.80. The first-order valence-electron chi connectivity index (χ1n) is 8.20. The molecule has 0 fully saturated rings. The molecule has 1 aromatic heterocycles. The van der Waals surface area contributed by atoms with Crippen molar-refractivity contribution in [3.8, 4) is 22.8 Å². The molecule has 0 radical (unpaired) electrons. The molecule has 1 amide bonds. The van der Waals surface area contributed by atoms with Gasteiger partial charge in [-0.25, -0.2) is 9.67 Å². The van der Waals surface area contributed by atoms with Gasteiger partial charge in [0.2, 0.25) is 5.82 Å². The number of aliphatic hydroxyl groups excluding tert-OH is 1. The number of aliphatic hydroxyl groups is 1. The maximum absolute atomic E-state index is 12.2. The smallest absolute Gasteiger partial charge is 0.291 e. The third kappa shape index (κ3) is 3.73.